The number of rotatable bonds is 5. The van der Waals surface area contributed by atoms with Gasteiger partial charge in [-0.25, -0.2) is 0 Å². The highest BCUT2D eigenvalue weighted by Crippen LogP contribution is 2.33. The summed E-state index contributed by atoms with van der Waals surface area (Å²) < 4.78 is 10.8. The van der Waals surface area contributed by atoms with E-state index in [0.29, 0.717) is 37.4 Å². The van der Waals surface area contributed by atoms with E-state index in [-0.39, 0.29) is 18.6 Å². The third kappa shape index (κ3) is 3.46. The van der Waals surface area contributed by atoms with E-state index in [2.05, 4.69) is 10.3 Å². The molecule has 4 rings (SSSR count). The summed E-state index contributed by atoms with van der Waals surface area (Å²) in [6.45, 7) is 1.05. The molecule has 2 aliphatic heterocycles. The van der Waals surface area contributed by atoms with Crippen LogP contribution in [0.25, 0.3) is 0 Å². The predicted octanol–water partition coefficient (Wildman–Crippen LogP) is 1.62. The van der Waals surface area contributed by atoms with Gasteiger partial charge in [0.25, 0.3) is 0 Å². The van der Waals surface area contributed by atoms with Gasteiger partial charge in [-0.2, -0.15) is 0 Å². The maximum Gasteiger partial charge on any atom is 0.245 e. The van der Waals surface area contributed by atoms with E-state index >= 15 is 0 Å². The van der Waals surface area contributed by atoms with E-state index in [0.717, 1.165) is 11.1 Å². The lowest BCUT2D eigenvalue weighted by Crippen LogP contribution is -2.43. The molecule has 0 saturated carbocycles. The van der Waals surface area contributed by atoms with Crippen molar-refractivity contribution in [3.05, 3.63) is 53.9 Å². The third-order valence-corrected chi connectivity index (χ3v) is 4.51. The van der Waals surface area contributed by atoms with Crippen LogP contribution in [0, 0.1) is 0 Å². The monoisotopic (exact) mass is 353 g/mol. The van der Waals surface area contributed by atoms with Crippen LogP contribution >= 0.6 is 0 Å². The normalized spacial score (nSPS) is 17.8. The summed E-state index contributed by atoms with van der Waals surface area (Å²) >= 11 is 0. The predicted molar refractivity (Wildman–Crippen MR) is 92.2 cm³/mol. The van der Waals surface area contributed by atoms with Crippen LogP contribution in [-0.2, 0) is 22.7 Å². The Labute approximate surface area is 150 Å². The van der Waals surface area contributed by atoms with Crippen molar-refractivity contribution in [2.75, 3.05) is 6.79 Å². The fourth-order valence-electron chi connectivity index (χ4n) is 3.20. The first-order valence-electron chi connectivity index (χ1n) is 8.54. The Bertz CT molecular complexity index is 825. The van der Waals surface area contributed by atoms with Crippen LogP contribution in [0.4, 0.5) is 0 Å². The zero-order chi connectivity index (χ0) is 17.9. The molecule has 0 aliphatic carbocycles. The largest absolute Gasteiger partial charge is 0.454 e. The number of pyridine rings is 1. The maximum atomic E-state index is 13.0. The summed E-state index contributed by atoms with van der Waals surface area (Å²) in [6.07, 6.45) is 4.36. The molecule has 1 aromatic carbocycles. The lowest BCUT2D eigenvalue weighted by Gasteiger charge is -2.26. The van der Waals surface area contributed by atoms with Gasteiger partial charge in [0.05, 0.1) is 0 Å². The molecular formula is C19H19N3O4. The number of nitrogens with one attached hydrogen (secondary N) is 1. The van der Waals surface area contributed by atoms with Gasteiger partial charge in [-0.05, 0) is 35.7 Å². The summed E-state index contributed by atoms with van der Waals surface area (Å²) in [4.78, 5) is 30.3. The smallest absolute Gasteiger partial charge is 0.245 e. The van der Waals surface area contributed by atoms with Gasteiger partial charge in [-0.15, -0.1) is 0 Å². The highest BCUT2D eigenvalue weighted by Gasteiger charge is 2.31. The quantitative estimate of drug-likeness (QED) is 0.883. The number of carbonyl (C=O) groups excluding carboxylic acids is 2. The standard InChI is InChI=1S/C19H19N3O4/c23-18-6-4-15(21-18)19(24)22(11-14-2-1-7-20-9-14)10-13-3-5-16-17(8-13)26-12-25-16/h1-3,5,7-9,15H,4,6,10-12H2,(H,21,23)/t15-/m0/s1. The molecule has 0 radical (unpaired) electrons. The minimum Gasteiger partial charge on any atom is -0.454 e. The Morgan fingerprint density at radius 3 is 2.81 bits per heavy atom. The summed E-state index contributed by atoms with van der Waals surface area (Å²) in [5.41, 5.74) is 1.88. The van der Waals surface area contributed by atoms with Crippen LogP contribution in [-0.4, -0.2) is 34.5 Å². The molecular weight excluding hydrogens is 334 g/mol. The Balaban J connectivity index is 1.55. The van der Waals surface area contributed by atoms with Gasteiger partial charge in [0.1, 0.15) is 6.04 Å². The molecule has 2 amide bonds. The molecule has 134 valence electrons. The highest BCUT2D eigenvalue weighted by molar-refractivity contribution is 5.90. The second-order valence-corrected chi connectivity index (χ2v) is 6.40. The molecule has 2 aliphatic rings. The Hall–Kier alpha value is -3.09. The van der Waals surface area contributed by atoms with Crippen molar-refractivity contribution in [2.24, 2.45) is 0 Å². The second-order valence-electron chi connectivity index (χ2n) is 6.40. The molecule has 26 heavy (non-hydrogen) atoms. The zero-order valence-corrected chi connectivity index (χ0v) is 14.2. The Kier molecular flexibility index (Phi) is 4.43. The van der Waals surface area contributed by atoms with Gasteiger partial charge in [0, 0.05) is 31.9 Å². The molecule has 1 fully saturated rings. The van der Waals surface area contributed by atoms with Crippen LogP contribution in [0.15, 0.2) is 42.7 Å². The molecule has 1 saturated heterocycles. The van der Waals surface area contributed by atoms with Crippen LogP contribution < -0.4 is 14.8 Å². The Morgan fingerprint density at radius 1 is 1.19 bits per heavy atom. The number of hydrogen-bond donors (Lipinski definition) is 1. The molecule has 0 bridgehead atoms. The third-order valence-electron chi connectivity index (χ3n) is 4.51. The summed E-state index contributed by atoms with van der Waals surface area (Å²) in [5.74, 6) is 1.23. The Morgan fingerprint density at radius 2 is 2.04 bits per heavy atom. The van der Waals surface area contributed by atoms with Gasteiger partial charge in [-0.3, -0.25) is 14.6 Å². The number of carbonyl (C=O) groups is 2. The second kappa shape index (κ2) is 7.03. The molecule has 3 heterocycles. The van der Waals surface area contributed by atoms with Crippen molar-refractivity contribution in [1.82, 2.24) is 15.2 Å². The van der Waals surface area contributed by atoms with Gasteiger partial charge < -0.3 is 19.7 Å². The van der Waals surface area contributed by atoms with Crippen molar-refractivity contribution >= 4 is 11.8 Å². The number of amides is 2. The number of ether oxygens (including phenoxy) is 2. The summed E-state index contributed by atoms with van der Waals surface area (Å²) in [5, 5.41) is 2.76. The molecule has 7 nitrogen and oxygen atoms in total. The number of hydrogen-bond acceptors (Lipinski definition) is 5. The van der Waals surface area contributed by atoms with Crippen molar-refractivity contribution in [3.8, 4) is 11.5 Å². The van der Waals surface area contributed by atoms with Gasteiger partial charge in [-0.1, -0.05) is 12.1 Å². The average molecular weight is 353 g/mol. The van der Waals surface area contributed by atoms with Gasteiger partial charge in [0.15, 0.2) is 11.5 Å². The van der Waals surface area contributed by atoms with E-state index < -0.39 is 6.04 Å². The van der Waals surface area contributed by atoms with Crippen molar-refractivity contribution < 1.29 is 19.1 Å². The van der Waals surface area contributed by atoms with E-state index in [1.807, 2.05) is 30.3 Å². The highest BCUT2D eigenvalue weighted by atomic mass is 16.7. The molecule has 7 heteroatoms. The lowest BCUT2D eigenvalue weighted by molar-refractivity contribution is -0.135. The van der Waals surface area contributed by atoms with Crippen molar-refractivity contribution in [2.45, 2.75) is 32.0 Å². The molecule has 1 aromatic heterocycles. The molecule has 0 unspecified atom stereocenters. The van der Waals surface area contributed by atoms with Crippen molar-refractivity contribution in [1.29, 1.82) is 0 Å². The minimum atomic E-state index is -0.465. The first kappa shape index (κ1) is 16.4. The number of nitrogens with zero attached hydrogens (tertiary/aromatic N) is 2. The first-order chi connectivity index (χ1) is 12.7. The molecule has 1 N–H and O–H groups in total. The fraction of sp³-hybridized carbons (Fsp3) is 0.316. The van der Waals surface area contributed by atoms with E-state index in [4.69, 9.17) is 9.47 Å². The average Bonchev–Trinajstić information content (AvgIpc) is 3.30. The van der Waals surface area contributed by atoms with Gasteiger partial charge >= 0.3 is 0 Å². The number of benzene rings is 1. The van der Waals surface area contributed by atoms with E-state index in [9.17, 15) is 9.59 Å². The van der Waals surface area contributed by atoms with Crippen LogP contribution in [0.2, 0.25) is 0 Å². The zero-order valence-electron chi connectivity index (χ0n) is 14.2. The van der Waals surface area contributed by atoms with E-state index in [1.165, 1.54) is 0 Å². The number of aromatic nitrogens is 1. The first-order valence-corrected chi connectivity index (χ1v) is 8.54. The lowest BCUT2D eigenvalue weighted by atomic mass is 10.1. The number of fused-ring (bicyclic) bond motifs is 1. The van der Waals surface area contributed by atoms with E-state index in [1.54, 1.807) is 17.3 Å². The van der Waals surface area contributed by atoms with Crippen LogP contribution in [0.3, 0.4) is 0 Å². The molecule has 1 atom stereocenters. The maximum absolute atomic E-state index is 13.0. The van der Waals surface area contributed by atoms with Crippen molar-refractivity contribution in [3.63, 3.8) is 0 Å². The van der Waals surface area contributed by atoms with Crippen LogP contribution in [0.5, 0.6) is 11.5 Å². The summed E-state index contributed by atoms with van der Waals surface area (Å²) in [7, 11) is 0. The minimum absolute atomic E-state index is 0.0762. The summed E-state index contributed by atoms with van der Waals surface area (Å²) in [6, 6.07) is 8.97. The van der Waals surface area contributed by atoms with Crippen LogP contribution in [0.1, 0.15) is 24.0 Å². The fourth-order valence-corrected chi connectivity index (χ4v) is 3.20. The molecule has 2 aromatic rings. The topological polar surface area (TPSA) is 80.8 Å². The van der Waals surface area contributed by atoms with Gasteiger partial charge in [0.2, 0.25) is 18.6 Å². The SMILES string of the molecule is O=C1CC[C@@H](C(=O)N(Cc2cccnc2)Cc2ccc3c(c2)OCO3)N1. The molecule has 0 spiro atoms.